The topological polar surface area (TPSA) is 43.8 Å². The monoisotopic (exact) mass is 281 g/mol. The molecular formula is C14H14F3N3. The maximum absolute atomic E-state index is 12.8. The summed E-state index contributed by atoms with van der Waals surface area (Å²) < 4.78 is 40.0. The number of nitrogens with zero attached hydrogens (tertiary/aromatic N) is 2. The molecule has 1 aliphatic rings. The van der Waals surface area contributed by atoms with Crippen molar-refractivity contribution in [3.8, 4) is 11.3 Å². The molecule has 1 aromatic carbocycles. The summed E-state index contributed by atoms with van der Waals surface area (Å²) in [7, 11) is 1.71. The molecule has 0 unspecified atom stereocenters. The van der Waals surface area contributed by atoms with E-state index in [-0.39, 0.29) is 0 Å². The van der Waals surface area contributed by atoms with Gasteiger partial charge in [-0.3, -0.25) is 4.68 Å². The first kappa shape index (κ1) is 13.2. The SMILES string of the molecule is Cn1ncc(C2(N)CC2)c1-c1cccc(C(F)(F)F)c1. The number of aromatic nitrogens is 2. The Hall–Kier alpha value is -1.82. The highest BCUT2D eigenvalue weighted by Gasteiger charge is 2.43. The smallest absolute Gasteiger partial charge is 0.321 e. The minimum Gasteiger partial charge on any atom is -0.321 e. The van der Waals surface area contributed by atoms with Crippen LogP contribution in [0, 0.1) is 0 Å². The van der Waals surface area contributed by atoms with Crippen LogP contribution in [0.25, 0.3) is 11.3 Å². The minimum atomic E-state index is -4.35. The van der Waals surface area contributed by atoms with E-state index in [4.69, 9.17) is 5.73 Å². The zero-order chi connectivity index (χ0) is 14.5. The molecule has 1 saturated carbocycles. The van der Waals surface area contributed by atoms with Crippen LogP contribution in [0.2, 0.25) is 0 Å². The molecule has 2 N–H and O–H groups in total. The number of nitrogens with two attached hydrogens (primary N) is 1. The standard InChI is InChI=1S/C14H14F3N3/c1-20-12(11(8-19-20)13(18)5-6-13)9-3-2-4-10(7-9)14(15,16)17/h2-4,7-8H,5-6,18H2,1H3. The first-order valence-corrected chi connectivity index (χ1v) is 6.30. The Balaban J connectivity index is 2.12. The molecular weight excluding hydrogens is 267 g/mol. The molecule has 20 heavy (non-hydrogen) atoms. The van der Waals surface area contributed by atoms with Crippen LogP contribution in [0.1, 0.15) is 24.0 Å². The number of hydrogen-bond donors (Lipinski definition) is 1. The van der Waals surface area contributed by atoms with Crippen molar-refractivity contribution in [3.63, 3.8) is 0 Å². The highest BCUT2D eigenvalue weighted by molar-refractivity contribution is 5.66. The molecule has 1 aromatic heterocycles. The zero-order valence-corrected chi connectivity index (χ0v) is 10.9. The summed E-state index contributed by atoms with van der Waals surface area (Å²) >= 11 is 0. The van der Waals surface area contributed by atoms with Gasteiger partial charge in [-0.1, -0.05) is 12.1 Å². The number of rotatable bonds is 2. The third-order valence-electron chi connectivity index (χ3n) is 3.73. The third-order valence-corrected chi connectivity index (χ3v) is 3.73. The number of halogens is 3. The summed E-state index contributed by atoms with van der Waals surface area (Å²) in [6.45, 7) is 0. The molecule has 2 aromatic rings. The lowest BCUT2D eigenvalue weighted by Crippen LogP contribution is -2.19. The second-order valence-electron chi connectivity index (χ2n) is 5.27. The molecule has 1 heterocycles. The fraction of sp³-hybridized carbons (Fsp3) is 0.357. The average Bonchev–Trinajstić information content (AvgIpc) is 2.99. The molecule has 1 aliphatic carbocycles. The van der Waals surface area contributed by atoms with Gasteiger partial charge in [0.1, 0.15) is 0 Å². The van der Waals surface area contributed by atoms with Gasteiger partial charge in [0, 0.05) is 23.7 Å². The van der Waals surface area contributed by atoms with Crippen LogP contribution in [0.3, 0.4) is 0 Å². The van der Waals surface area contributed by atoms with Gasteiger partial charge in [0.2, 0.25) is 0 Å². The Bertz CT molecular complexity index is 654. The van der Waals surface area contributed by atoms with Crippen molar-refractivity contribution < 1.29 is 13.2 Å². The molecule has 0 bridgehead atoms. The third kappa shape index (κ3) is 2.10. The van der Waals surface area contributed by atoms with Crippen molar-refractivity contribution in [2.75, 3.05) is 0 Å². The van der Waals surface area contributed by atoms with Crippen LogP contribution in [0.15, 0.2) is 30.5 Å². The van der Waals surface area contributed by atoms with Gasteiger partial charge < -0.3 is 5.73 Å². The minimum absolute atomic E-state index is 0.433. The first-order valence-electron chi connectivity index (χ1n) is 6.30. The second-order valence-corrected chi connectivity index (χ2v) is 5.27. The molecule has 6 heteroatoms. The molecule has 106 valence electrons. The van der Waals surface area contributed by atoms with E-state index in [9.17, 15) is 13.2 Å². The van der Waals surface area contributed by atoms with Gasteiger partial charge in [0.25, 0.3) is 0 Å². The molecule has 1 fully saturated rings. The lowest BCUT2D eigenvalue weighted by molar-refractivity contribution is -0.137. The fourth-order valence-corrected chi connectivity index (χ4v) is 2.39. The summed E-state index contributed by atoms with van der Waals surface area (Å²) in [6.07, 6.45) is -1.02. The molecule has 0 spiro atoms. The molecule has 0 aliphatic heterocycles. The van der Waals surface area contributed by atoms with Crippen LogP contribution >= 0.6 is 0 Å². The van der Waals surface area contributed by atoms with Crippen molar-refractivity contribution in [1.82, 2.24) is 9.78 Å². The van der Waals surface area contributed by atoms with Gasteiger partial charge >= 0.3 is 6.18 Å². The Morgan fingerprint density at radius 1 is 1.30 bits per heavy atom. The van der Waals surface area contributed by atoms with Crippen molar-refractivity contribution in [2.24, 2.45) is 12.8 Å². The molecule has 0 saturated heterocycles. The van der Waals surface area contributed by atoms with Crippen LogP contribution in [0.4, 0.5) is 13.2 Å². The van der Waals surface area contributed by atoms with Gasteiger partial charge in [0.05, 0.1) is 17.5 Å². The van der Waals surface area contributed by atoms with Crippen LogP contribution in [0.5, 0.6) is 0 Å². The van der Waals surface area contributed by atoms with Crippen molar-refractivity contribution in [1.29, 1.82) is 0 Å². The van der Waals surface area contributed by atoms with Crippen LogP contribution in [-0.4, -0.2) is 9.78 Å². The zero-order valence-electron chi connectivity index (χ0n) is 10.9. The number of alkyl halides is 3. The van der Waals surface area contributed by atoms with E-state index in [2.05, 4.69) is 5.10 Å². The summed E-state index contributed by atoms with van der Waals surface area (Å²) in [5.41, 5.74) is 7.05. The number of hydrogen-bond acceptors (Lipinski definition) is 2. The van der Waals surface area contributed by atoms with E-state index in [1.54, 1.807) is 24.0 Å². The highest BCUT2D eigenvalue weighted by Crippen LogP contribution is 2.46. The van der Waals surface area contributed by atoms with Crippen LogP contribution in [-0.2, 0) is 18.8 Å². The predicted octanol–water partition coefficient (Wildman–Crippen LogP) is 3.05. The van der Waals surface area contributed by atoms with E-state index >= 15 is 0 Å². The Morgan fingerprint density at radius 3 is 2.60 bits per heavy atom. The van der Waals surface area contributed by atoms with E-state index in [0.29, 0.717) is 11.3 Å². The number of benzene rings is 1. The van der Waals surface area contributed by atoms with Crippen molar-refractivity contribution >= 4 is 0 Å². The highest BCUT2D eigenvalue weighted by atomic mass is 19.4. The van der Waals surface area contributed by atoms with Crippen molar-refractivity contribution in [3.05, 3.63) is 41.6 Å². The normalized spacial score (nSPS) is 17.2. The van der Waals surface area contributed by atoms with E-state index < -0.39 is 17.3 Å². The second kappa shape index (κ2) is 4.09. The summed E-state index contributed by atoms with van der Waals surface area (Å²) in [6, 6.07) is 5.27. The van der Waals surface area contributed by atoms with E-state index in [1.165, 1.54) is 6.07 Å². The van der Waals surface area contributed by atoms with Gasteiger partial charge in [-0.05, 0) is 25.0 Å². The Kier molecular flexibility index (Phi) is 2.69. The summed E-state index contributed by atoms with van der Waals surface area (Å²) in [5, 5.41) is 4.15. The van der Waals surface area contributed by atoms with Gasteiger partial charge in [-0.15, -0.1) is 0 Å². The Morgan fingerprint density at radius 2 is 2.00 bits per heavy atom. The van der Waals surface area contributed by atoms with E-state index in [1.807, 2.05) is 0 Å². The van der Waals surface area contributed by atoms with Crippen LogP contribution < -0.4 is 5.73 Å². The summed E-state index contributed by atoms with van der Waals surface area (Å²) in [5.74, 6) is 0. The quantitative estimate of drug-likeness (QED) is 0.919. The largest absolute Gasteiger partial charge is 0.416 e. The average molecular weight is 281 g/mol. The maximum atomic E-state index is 12.8. The van der Waals surface area contributed by atoms with Crippen molar-refractivity contribution in [2.45, 2.75) is 24.6 Å². The first-order chi connectivity index (χ1) is 9.31. The fourth-order valence-electron chi connectivity index (χ4n) is 2.39. The number of aryl methyl sites for hydroxylation is 1. The van der Waals surface area contributed by atoms with Gasteiger partial charge in [-0.2, -0.15) is 18.3 Å². The lowest BCUT2D eigenvalue weighted by Gasteiger charge is -2.13. The molecule has 0 atom stereocenters. The molecule has 0 amide bonds. The predicted molar refractivity (Wildman–Crippen MR) is 68.7 cm³/mol. The molecule has 3 rings (SSSR count). The maximum Gasteiger partial charge on any atom is 0.416 e. The molecule has 3 nitrogen and oxygen atoms in total. The Labute approximate surface area is 114 Å². The van der Waals surface area contributed by atoms with E-state index in [0.717, 1.165) is 30.5 Å². The van der Waals surface area contributed by atoms with Gasteiger partial charge in [-0.25, -0.2) is 0 Å². The molecule has 0 radical (unpaired) electrons. The summed E-state index contributed by atoms with van der Waals surface area (Å²) in [4.78, 5) is 0. The van der Waals surface area contributed by atoms with Gasteiger partial charge in [0.15, 0.2) is 0 Å². The lowest BCUT2D eigenvalue weighted by atomic mass is 9.99.